The predicted molar refractivity (Wildman–Crippen MR) is 194 cm³/mol. The molecule has 0 spiro atoms. The summed E-state index contributed by atoms with van der Waals surface area (Å²) in [6.07, 6.45) is 0. The van der Waals surface area contributed by atoms with Crippen molar-refractivity contribution in [3.05, 3.63) is 71.8 Å². The van der Waals surface area contributed by atoms with E-state index in [0.717, 1.165) is 56.8 Å². The molecule has 240 valence electrons. The van der Waals surface area contributed by atoms with Crippen LogP contribution in [0.2, 0.25) is 0 Å². The van der Waals surface area contributed by atoms with Crippen molar-refractivity contribution in [1.82, 2.24) is 29.9 Å². The monoisotopic (exact) mass is 614 g/mol. The van der Waals surface area contributed by atoms with Crippen LogP contribution in [0.1, 0.15) is 120 Å². The van der Waals surface area contributed by atoms with Gasteiger partial charge in [0.05, 0.1) is 0 Å². The highest BCUT2D eigenvalue weighted by atomic mass is 15.1. The van der Waals surface area contributed by atoms with Gasteiger partial charge in [0.2, 0.25) is 0 Å². The summed E-state index contributed by atoms with van der Waals surface area (Å²) in [6.45, 7) is 29.9. The summed E-state index contributed by atoms with van der Waals surface area (Å²) in [5.74, 6) is 4.66. The first-order valence-corrected chi connectivity index (χ1v) is 16.6. The van der Waals surface area contributed by atoms with Crippen LogP contribution < -0.4 is 0 Å². The van der Waals surface area contributed by atoms with Gasteiger partial charge in [0.25, 0.3) is 0 Å². The lowest BCUT2D eigenvalue weighted by Crippen LogP contribution is -2.24. The Morgan fingerprint density at radius 2 is 0.609 bits per heavy atom. The highest BCUT2D eigenvalue weighted by Crippen LogP contribution is 2.42. The van der Waals surface area contributed by atoms with Gasteiger partial charge >= 0.3 is 0 Å². The highest BCUT2D eigenvalue weighted by Gasteiger charge is 2.28. The minimum atomic E-state index is -0.210. The van der Waals surface area contributed by atoms with Crippen LogP contribution in [0.25, 0.3) is 55.1 Å². The number of nitrogens with zero attached hydrogens (tertiary/aromatic N) is 6. The molecule has 46 heavy (non-hydrogen) atoms. The summed E-state index contributed by atoms with van der Waals surface area (Å²) in [5, 5.41) is 7.03. The molecule has 0 aliphatic rings. The minimum Gasteiger partial charge on any atom is -0.217 e. The fraction of sp³-hybridized carbons (Fsp3) is 0.450. The standard InChI is InChI=1S/C38H44N6.C2H6/c1-35(2,3)31-39-29(40-32(43-31)36(4,5)6)25-19-15-21-14-18-24-26(20-16-22-13-17-23(25)27(21)28(22)24)30-41-33(37(7,8)9)44-34(42-30)38(10,11)12;1-2/h13-20H,1-12H3;1-2H3. The number of rotatable bonds is 2. The second-order valence-electron chi connectivity index (χ2n) is 16.3. The molecule has 0 atom stereocenters. The average Bonchev–Trinajstić information content (AvgIpc) is 2.98. The predicted octanol–water partition coefficient (Wildman–Crippen LogP) is 10.5. The Morgan fingerprint density at radius 3 is 0.870 bits per heavy atom. The fourth-order valence-electron chi connectivity index (χ4n) is 5.53. The molecule has 0 saturated heterocycles. The van der Waals surface area contributed by atoms with E-state index in [2.05, 4.69) is 132 Å². The third kappa shape index (κ3) is 6.06. The lowest BCUT2D eigenvalue weighted by molar-refractivity contribution is 0.497. The Labute approximate surface area is 274 Å². The molecule has 6 nitrogen and oxygen atoms in total. The zero-order valence-electron chi connectivity index (χ0n) is 30.3. The zero-order valence-corrected chi connectivity index (χ0v) is 30.3. The maximum Gasteiger partial charge on any atom is 0.164 e. The second kappa shape index (κ2) is 11.3. The molecule has 0 saturated carbocycles. The number of benzene rings is 4. The molecule has 6 rings (SSSR count). The Kier molecular flexibility index (Phi) is 8.20. The van der Waals surface area contributed by atoms with Crippen molar-refractivity contribution in [3.8, 4) is 22.8 Å². The van der Waals surface area contributed by atoms with Crippen LogP contribution in [0, 0.1) is 0 Å². The van der Waals surface area contributed by atoms with E-state index < -0.39 is 0 Å². The lowest BCUT2D eigenvalue weighted by Gasteiger charge is -2.23. The van der Waals surface area contributed by atoms with Gasteiger partial charge in [-0.25, -0.2) is 29.9 Å². The summed E-state index contributed by atoms with van der Waals surface area (Å²) < 4.78 is 0. The van der Waals surface area contributed by atoms with E-state index in [1.165, 1.54) is 21.5 Å². The summed E-state index contributed by atoms with van der Waals surface area (Å²) in [7, 11) is 0. The van der Waals surface area contributed by atoms with Crippen molar-refractivity contribution in [2.75, 3.05) is 0 Å². The van der Waals surface area contributed by atoms with Crippen molar-refractivity contribution in [3.63, 3.8) is 0 Å². The first kappa shape index (κ1) is 33.3. The average molecular weight is 615 g/mol. The van der Waals surface area contributed by atoms with Gasteiger partial charge in [0.1, 0.15) is 23.3 Å². The quantitative estimate of drug-likeness (QED) is 0.181. The SMILES string of the molecule is CC.CC(C)(C)c1nc(-c2ccc3ccc4c(-c5nc(C(C)(C)C)nc(C(C)(C)C)n5)ccc5ccc2c3c54)nc(C(C)(C)C)n1. The van der Waals surface area contributed by atoms with Crippen LogP contribution >= 0.6 is 0 Å². The lowest BCUT2D eigenvalue weighted by atomic mass is 9.89. The van der Waals surface area contributed by atoms with Crippen LogP contribution in [0.3, 0.4) is 0 Å². The molecule has 4 aromatic carbocycles. The van der Waals surface area contributed by atoms with Crippen LogP contribution in [-0.2, 0) is 21.7 Å². The van der Waals surface area contributed by atoms with Gasteiger partial charge in [-0.15, -0.1) is 0 Å². The molecule has 2 heterocycles. The molecular weight excluding hydrogens is 564 g/mol. The topological polar surface area (TPSA) is 77.3 Å². The number of hydrogen-bond donors (Lipinski definition) is 0. The van der Waals surface area contributed by atoms with Gasteiger partial charge in [0, 0.05) is 32.8 Å². The second-order valence-corrected chi connectivity index (χ2v) is 16.3. The van der Waals surface area contributed by atoms with E-state index in [4.69, 9.17) is 29.9 Å². The summed E-state index contributed by atoms with van der Waals surface area (Å²) in [4.78, 5) is 30.0. The molecule has 0 N–H and O–H groups in total. The number of hydrogen-bond acceptors (Lipinski definition) is 6. The van der Waals surface area contributed by atoms with Crippen molar-refractivity contribution in [2.45, 2.75) is 119 Å². The molecule has 0 fully saturated rings. The Hall–Kier alpha value is -4.06. The smallest absolute Gasteiger partial charge is 0.164 e. The van der Waals surface area contributed by atoms with Crippen LogP contribution in [0.4, 0.5) is 0 Å². The minimum absolute atomic E-state index is 0.210. The molecule has 0 amide bonds. The summed E-state index contributed by atoms with van der Waals surface area (Å²) in [5.41, 5.74) is 1.19. The molecule has 6 aromatic rings. The molecule has 0 aliphatic carbocycles. The molecular formula is C40H50N6. The van der Waals surface area contributed by atoms with Crippen LogP contribution in [0.5, 0.6) is 0 Å². The van der Waals surface area contributed by atoms with E-state index in [-0.39, 0.29) is 21.7 Å². The Morgan fingerprint density at radius 1 is 0.348 bits per heavy atom. The van der Waals surface area contributed by atoms with E-state index in [1.807, 2.05) is 13.8 Å². The molecule has 0 bridgehead atoms. The van der Waals surface area contributed by atoms with Crippen molar-refractivity contribution < 1.29 is 0 Å². The van der Waals surface area contributed by atoms with Crippen molar-refractivity contribution in [2.24, 2.45) is 0 Å². The maximum absolute atomic E-state index is 5.05. The first-order chi connectivity index (χ1) is 21.3. The molecule has 0 radical (unpaired) electrons. The molecule has 0 aliphatic heterocycles. The molecule has 0 unspecified atom stereocenters. The molecule has 2 aromatic heterocycles. The third-order valence-electron chi connectivity index (χ3n) is 8.10. The van der Waals surface area contributed by atoms with Crippen LogP contribution in [0.15, 0.2) is 48.5 Å². The van der Waals surface area contributed by atoms with E-state index in [0.29, 0.717) is 0 Å². The normalized spacial score (nSPS) is 13.0. The first-order valence-electron chi connectivity index (χ1n) is 16.6. The van der Waals surface area contributed by atoms with Gasteiger partial charge in [-0.05, 0) is 44.5 Å². The van der Waals surface area contributed by atoms with Gasteiger partial charge in [-0.3, -0.25) is 0 Å². The largest absolute Gasteiger partial charge is 0.217 e. The van der Waals surface area contributed by atoms with Gasteiger partial charge in [-0.2, -0.15) is 0 Å². The highest BCUT2D eigenvalue weighted by molar-refractivity contribution is 6.27. The third-order valence-corrected chi connectivity index (χ3v) is 8.10. The number of aromatic nitrogens is 6. The zero-order chi connectivity index (χ0) is 34.0. The summed E-state index contributed by atoms with van der Waals surface area (Å²) in [6, 6.07) is 17.6. The van der Waals surface area contributed by atoms with Gasteiger partial charge in [-0.1, -0.05) is 133 Å². The maximum atomic E-state index is 5.05. The van der Waals surface area contributed by atoms with Crippen molar-refractivity contribution in [1.29, 1.82) is 0 Å². The van der Waals surface area contributed by atoms with Crippen molar-refractivity contribution >= 4 is 32.3 Å². The van der Waals surface area contributed by atoms with E-state index in [9.17, 15) is 0 Å². The Balaban J connectivity index is 0.00000204. The van der Waals surface area contributed by atoms with Gasteiger partial charge < -0.3 is 0 Å². The fourth-order valence-corrected chi connectivity index (χ4v) is 5.53. The van der Waals surface area contributed by atoms with E-state index in [1.54, 1.807) is 0 Å². The van der Waals surface area contributed by atoms with E-state index >= 15 is 0 Å². The summed E-state index contributed by atoms with van der Waals surface area (Å²) >= 11 is 0. The Bertz CT molecular complexity index is 1830. The van der Waals surface area contributed by atoms with Crippen LogP contribution in [-0.4, -0.2) is 29.9 Å². The van der Waals surface area contributed by atoms with Gasteiger partial charge in [0.15, 0.2) is 11.6 Å². The molecule has 6 heteroatoms.